The van der Waals surface area contributed by atoms with Crippen LogP contribution in [0.3, 0.4) is 0 Å². The summed E-state index contributed by atoms with van der Waals surface area (Å²) in [5, 5.41) is 1.04. The Morgan fingerprint density at radius 2 is 1.79 bits per heavy atom. The Bertz CT molecular complexity index is 1350. The van der Waals surface area contributed by atoms with E-state index >= 15 is 0 Å². The molecule has 0 atom stereocenters. The molecule has 0 radical (unpaired) electrons. The van der Waals surface area contributed by atoms with E-state index in [1.165, 1.54) is 18.5 Å². The second-order valence-corrected chi connectivity index (χ2v) is 9.60. The van der Waals surface area contributed by atoms with Crippen LogP contribution in [-0.2, 0) is 16.6 Å². The van der Waals surface area contributed by atoms with Crippen molar-refractivity contribution in [2.24, 2.45) is 0 Å². The fourth-order valence-corrected chi connectivity index (χ4v) is 5.02. The Morgan fingerprint density at radius 1 is 1.06 bits per heavy atom. The number of hydrogen-bond acceptors (Lipinski definition) is 5. The van der Waals surface area contributed by atoms with Gasteiger partial charge < -0.3 is 10.3 Å². The number of sulfonamides is 1. The minimum absolute atomic E-state index is 0.167. The van der Waals surface area contributed by atoms with Crippen molar-refractivity contribution in [2.75, 3.05) is 10.5 Å². The molecule has 0 spiro atoms. The molecule has 2 aromatic carbocycles. The summed E-state index contributed by atoms with van der Waals surface area (Å²) in [7, 11) is -3.74. The molecule has 0 bridgehead atoms. The Kier molecular flexibility index (Phi) is 8.52. The zero-order valence-corrected chi connectivity index (χ0v) is 21.2. The van der Waals surface area contributed by atoms with Gasteiger partial charge in [-0.05, 0) is 36.2 Å². The van der Waals surface area contributed by atoms with E-state index in [4.69, 9.17) is 17.3 Å². The number of nitrogen functional groups attached to an aromatic ring is 1. The lowest BCUT2D eigenvalue weighted by molar-refractivity contribution is 0.601. The standard InChI is InChI=1S/C23H24ClN5O2S.C2H6/c1-2-3-7-12-29-14-18(21-22(25)26-15-27-23(21)29)16-10-11-20(19(24)13-16)28-32(30,31)17-8-5-4-6-9-17;1-2/h4-6,8-11,13-15,28H,2-3,7,12H2,1H3,(H2,25,26,27);1-2H3. The van der Waals surface area contributed by atoms with Gasteiger partial charge in [0.25, 0.3) is 10.0 Å². The Morgan fingerprint density at radius 3 is 2.47 bits per heavy atom. The highest BCUT2D eigenvalue weighted by molar-refractivity contribution is 7.92. The molecule has 0 fully saturated rings. The van der Waals surface area contributed by atoms with Crippen molar-refractivity contribution >= 4 is 44.2 Å². The molecule has 0 saturated heterocycles. The van der Waals surface area contributed by atoms with Gasteiger partial charge in [-0.25, -0.2) is 18.4 Å². The molecule has 4 aromatic rings. The minimum atomic E-state index is -3.74. The van der Waals surface area contributed by atoms with Crippen LogP contribution in [0.15, 0.2) is 66.0 Å². The highest BCUT2D eigenvalue weighted by atomic mass is 35.5. The monoisotopic (exact) mass is 499 g/mol. The molecule has 0 aliphatic rings. The van der Waals surface area contributed by atoms with E-state index in [1.807, 2.05) is 26.1 Å². The molecule has 2 heterocycles. The number of nitrogens with one attached hydrogen (secondary N) is 1. The van der Waals surface area contributed by atoms with Crippen molar-refractivity contribution in [1.82, 2.24) is 14.5 Å². The third-order valence-electron chi connectivity index (χ3n) is 5.26. The first kappa shape index (κ1) is 25.5. The maximum atomic E-state index is 12.7. The number of benzene rings is 2. The van der Waals surface area contributed by atoms with Crippen molar-refractivity contribution in [3.8, 4) is 11.1 Å². The Hall–Kier alpha value is -3.10. The predicted octanol–water partition coefficient (Wildman–Crippen LogP) is 6.35. The number of nitrogens with zero attached hydrogens (tertiary/aromatic N) is 3. The summed E-state index contributed by atoms with van der Waals surface area (Å²) in [5.41, 5.74) is 8.92. The largest absolute Gasteiger partial charge is 0.383 e. The fraction of sp³-hybridized carbons (Fsp3) is 0.280. The Balaban J connectivity index is 0.00000158. The van der Waals surface area contributed by atoms with Gasteiger partial charge in [0, 0.05) is 18.3 Å². The minimum Gasteiger partial charge on any atom is -0.383 e. The van der Waals surface area contributed by atoms with Crippen LogP contribution in [-0.4, -0.2) is 23.0 Å². The van der Waals surface area contributed by atoms with E-state index in [9.17, 15) is 8.42 Å². The molecule has 0 unspecified atom stereocenters. The van der Waals surface area contributed by atoms with Gasteiger partial charge in [-0.2, -0.15) is 0 Å². The quantitative estimate of drug-likeness (QED) is 0.275. The molecule has 7 nitrogen and oxygen atoms in total. The number of hydrogen-bond donors (Lipinski definition) is 2. The van der Waals surface area contributed by atoms with Crippen LogP contribution in [0.2, 0.25) is 5.02 Å². The average molecular weight is 500 g/mol. The van der Waals surface area contributed by atoms with Gasteiger partial charge in [-0.3, -0.25) is 4.72 Å². The van der Waals surface area contributed by atoms with E-state index in [1.54, 1.807) is 30.3 Å². The summed E-state index contributed by atoms with van der Waals surface area (Å²) >= 11 is 6.48. The molecule has 0 aliphatic carbocycles. The van der Waals surface area contributed by atoms with Gasteiger partial charge in [0.05, 0.1) is 21.0 Å². The van der Waals surface area contributed by atoms with Crippen LogP contribution >= 0.6 is 11.6 Å². The number of halogens is 1. The number of unbranched alkanes of at least 4 members (excludes halogenated alkanes) is 2. The second-order valence-electron chi connectivity index (χ2n) is 7.51. The third-order valence-corrected chi connectivity index (χ3v) is 6.96. The molecular formula is C25H30ClN5O2S. The van der Waals surface area contributed by atoms with Crippen molar-refractivity contribution < 1.29 is 8.42 Å². The molecule has 34 heavy (non-hydrogen) atoms. The summed E-state index contributed by atoms with van der Waals surface area (Å²) in [5.74, 6) is 0.393. The molecule has 0 aliphatic heterocycles. The summed E-state index contributed by atoms with van der Waals surface area (Å²) in [6.07, 6.45) is 6.75. The van der Waals surface area contributed by atoms with E-state index in [0.717, 1.165) is 48.0 Å². The lowest BCUT2D eigenvalue weighted by Crippen LogP contribution is -2.13. The van der Waals surface area contributed by atoms with Crippen molar-refractivity contribution in [3.05, 3.63) is 66.1 Å². The summed E-state index contributed by atoms with van der Waals surface area (Å²) in [6.45, 7) is 6.98. The molecule has 0 amide bonds. The number of rotatable bonds is 8. The summed E-state index contributed by atoms with van der Waals surface area (Å²) < 4.78 is 29.9. The number of fused-ring (bicyclic) bond motifs is 1. The molecular weight excluding hydrogens is 470 g/mol. The lowest BCUT2D eigenvalue weighted by atomic mass is 10.1. The van der Waals surface area contributed by atoms with Crippen LogP contribution in [0.25, 0.3) is 22.2 Å². The zero-order valence-electron chi connectivity index (χ0n) is 19.6. The topological polar surface area (TPSA) is 103 Å². The van der Waals surface area contributed by atoms with Gasteiger partial charge in [-0.15, -0.1) is 0 Å². The molecule has 9 heteroatoms. The second kappa shape index (κ2) is 11.4. The van der Waals surface area contributed by atoms with Gasteiger partial charge >= 0.3 is 0 Å². The highest BCUT2D eigenvalue weighted by Crippen LogP contribution is 2.36. The third kappa shape index (κ3) is 5.51. The molecule has 3 N–H and O–H groups in total. The van der Waals surface area contributed by atoms with Crippen LogP contribution in [0.4, 0.5) is 11.5 Å². The number of anilines is 2. The number of aromatic nitrogens is 3. The van der Waals surface area contributed by atoms with Gasteiger partial charge in [0.15, 0.2) is 0 Å². The van der Waals surface area contributed by atoms with Crippen molar-refractivity contribution in [3.63, 3.8) is 0 Å². The van der Waals surface area contributed by atoms with Crippen LogP contribution in [0.5, 0.6) is 0 Å². The average Bonchev–Trinajstić information content (AvgIpc) is 3.22. The highest BCUT2D eigenvalue weighted by Gasteiger charge is 2.18. The molecule has 0 saturated carbocycles. The first-order valence-electron chi connectivity index (χ1n) is 11.4. The number of aryl methyl sites for hydroxylation is 1. The van der Waals surface area contributed by atoms with Crippen LogP contribution in [0.1, 0.15) is 40.0 Å². The van der Waals surface area contributed by atoms with E-state index in [-0.39, 0.29) is 9.92 Å². The maximum absolute atomic E-state index is 12.7. The van der Waals surface area contributed by atoms with Gasteiger partial charge in [0.1, 0.15) is 17.8 Å². The van der Waals surface area contributed by atoms with E-state index in [2.05, 4.69) is 26.2 Å². The zero-order chi connectivity index (χ0) is 24.7. The van der Waals surface area contributed by atoms with Crippen molar-refractivity contribution in [1.29, 1.82) is 0 Å². The lowest BCUT2D eigenvalue weighted by Gasteiger charge is -2.11. The first-order valence-corrected chi connectivity index (χ1v) is 13.2. The number of nitrogens with two attached hydrogens (primary N) is 1. The molecule has 4 rings (SSSR count). The Labute approximate surface area is 206 Å². The normalized spacial score (nSPS) is 11.2. The maximum Gasteiger partial charge on any atom is 0.261 e. The molecule has 180 valence electrons. The van der Waals surface area contributed by atoms with Gasteiger partial charge in [0.2, 0.25) is 0 Å². The smallest absolute Gasteiger partial charge is 0.261 e. The van der Waals surface area contributed by atoms with Crippen LogP contribution in [0, 0.1) is 0 Å². The predicted molar refractivity (Wildman–Crippen MR) is 141 cm³/mol. The first-order chi connectivity index (χ1) is 16.4. The summed E-state index contributed by atoms with van der Waals surface area (Å²) in [4.78, 5) is 8.76. The fourth-order valence-electron chi connectivity index (χ4n) is 3.64. The SMILES string of the molecule is CC.CCCCCn1cc(-c2ccc(NS(=O)(=O)c3ccccc3)c(Cl)c2)c2c(N)ncnc21. The van der Waals surface area contributed by atoms with Crippen LogP contribution < -0.4 is 10.5 Å². The van der Waals surface area contributed by atoms with E-state index in [0.29, 0.717) is 11.5 Å². The van der Waals surface area contributed by atoms with Crippen molar-refractivity contribution in [2.45, 2.75) is 51.5 Å². The molecule has 2 aromatic heterocycles. The van der Waals surface area contributed by atoms with E-state index < -0.39 is 10.0 Å². The van der Waals surface area contributed by atoms with Gasteiger partial charge in [-0.1, -0.05) is 69.5 Å². The summed E-state index contributed by atoms with van der Waals surface area (Å²) in [6, 6.07) is 13.3.